The third-order valence-electron chi connectivity index (χ3n) is 4.82. The smallest absolute Gasteiger partial charge is 0.254 e. The first-order valence-electron chi connectivity index (χ1n) is 8.83. The van der Waals surface area contributed by atoms with Crippen LogP contribution in [-0.2, 0) is 6.42 Å². The second-order valence-corrected chi connectivity index (χ2v) is 6.77. The number of H-pyrrole nitrogens is 1. The van der Waals surface area contributed by atoms with Crippen LogP contribution in [0.15, 0.2) is 41.2 Å². The van der Waals surface area contributed by atoms with Gasteiger partial charge in [-0.05, 0) is 62.8 Å². The number of aromatic hydroxyl groups is 1. The number of benzene rings is 1. The molecule has 1 saturated heterocycles. The summed E-state index contributed by atoms with van der Waals surface area (Å²) in [4.78, 5) is 29.2. The first kappa shape index (κ1) is 17.3. The number of aromatic nitrogens is 1. The Bertz CT molecular complexity index is 795. The zero-order chi connectivity index (χ0) is 17.8. The quantitative estimate of drug-likeness (QED) is 0.898. The van der Waals surface area contributed by atoms with Crippen molar-refractivity contribution in [3.05, 3.63) is 63.6 Å². The Morgan fingerprint density at radius 1 is 1.24 bits per heavy atom. The van der Waals surface area contributed by atoms with Gasteiger partial charge < -0.3 is 15.0 Å². The van der Waals surface area contributed by atoms with Crippen LogP contribution in [0.4, 0.5) is 0 Å². The number of pyridine rings is 1. The largest absolute Gasteiger partial charge is 0.508 e. The Morgan fingerprint density at radius 3 is 2.72 bits per heavy atom. The number of hydrogen-bond donors (Lipinski definition) is 2. The van der Waals surface area contributed by atoms with E-state index in [4.69, 9.17) is 0 Å². The number of phenols is 1. The first-order valence-corrected chi connectivity index (χ1v) is 8.83. The van der Waals surface area contributed by atoms with E-state index in [9.17, 15) is 14.7 Å². The highest BCUT2D eigenvalue weighted by molar-refractivity contribution is 5.94. The molecule has 0 aliphatic carbocycles. The number of nitrogens with zero attached hydrogens (tertiary/aromatic N) is 1. The molecular weight excluding hydrogens is 316 g/mol. The van der Waals surface area contributed by atoms with E-state index in [0.717, 1.165) is 44.2 Å². The number of aryl methyl sites for hydroxylation is 2. The SMILES string of the molecule is Cc1cc(C(=O)N2CCCC[C@H]2CCc2ccc(O)cc2)cc(=O)[nH]1. The van der Waals surface area contributed by atoms with E-state index in [-0.39, 0.29) is 23.3 Å². The van der Waals surface area contributed by atoms with E-state index >= 15 is 0 Å². The van der Waals surface area contributed by atoms with Crippen molar-refractivity contribution in [1.29, 1.82) is 0 Å². The Morgan fingerprint density at radius 2 is 2.00 bits per heavy atom. The van der Waals surface area contributed by atoms with Crippen molar-refractivity contribution in [2.45, 2.75) is 45.1 Å². The van der Waals surface area contributed by atoms with Crippen LogP contribution in [0.3, 0.4) is 0 Å². The van der Waals surface area contributed by atoms with Crippen LogP contribution < -0.4 is 5.56 Å². The fraction of sp³-hybridized carbons (Fsp3) is 0.400. The first-order chi connectivity index (χ1) is 12.0. The predicted octanol–water partition coefficient (Wildman–Crippen LogP) is 3.02. The van der Waals surface area contributed by atoms with Crippen LogP contribution in [0.2, 0.25) is 0 Å². The molecule has 1 amide bonds. The lowest BCUT2D eigenvalue weighted by Crippen LogP contribution is -2.44. The molecule has 1 atom stereocenters. The van der Waals surface area contributed by atoms with Crippen LogP contribution in [0.5, 0.6) is 5.75 Å². The van der Waals surface area contributed by atoms with Crippen LogP contribution in [0.25, 0.3) is 0 Å². The van der Waals surface area contributed by atoms with Crippen molar-refractivity contribution >= 4 is 5.91 Å². The van der Waals surface area contributed by atoms with Crippen LogP contribution >= 0.6 is 0 Å². The highest BCUT2D eigenvalue weighted by Crippen LogP contribution is 2.24. The number of carbonyl (C=O) groups excluding carboxylic acids is 1. The third kappa shape index (κ3) is 4.29. The lowest BCUT2D eigenvalue weighted by atomic mass is 9.95. The monoisotopic (exact) mass is 340 g/mol. The molecule has 0 saturated carbocycles. The Balaban J connectivity index is 1.72. The molecule has 1 aliphatic heterocycles. The minimum atomic E-state index is -0.235. The highest BCUT2D eigenvalue weighted by Gasteiger charge is 2.27. The van der Waals surface area contributed by atoms with Crippen LogP contribution in [-0.4, -0.2) is 33.5 Å². The van der Waals surface area contributed by atoms with Gasteiger partial charge in [0.2, 0.25) is 5.56 Å². The summed E-state index contributed by atoms with van der Waals surface area (Å²) in [5.74, 6) is 0.215. The molecule has 0 bridgehead atoms. The molecule has 1 aromatic heterocycles. The highest BCUT2D eigenvalue weighted by atomic mass is 16.3. The van der Waals surface area contributed by atoms with Gasteiger partial charge in [0.05, 0.1) is 0 Å². The summed E-state index contributed by atoms with van der Waals surface area (Å²) in [5, 5.41) is 9.38. The van der Waals surface area contributed by atoms with E-state index in [1.807, 2.05) is 17.0 Å². The molecule has 132 valence electrons. The summed E-state index contributed by atoms with van der Waals surface area (Å²) in [6.07, 6.45) is 4.87. The molecule has 2 N–H and O–H groups in total. The number of piperidine rings is 1. The number of carbonyl (C=O) groups is 1. The van der Waals surface area contributed by atoms with Gasteiger partial charge in [-0.15, -0.1) is 0 Å². The summed E-state index contributed by atoms with van der Waals surface area (Å²) in [6, 6.07) is 10.6. The molecule has 1 fully saturated rings. The molecule has 5 heteroatoms. The summed E-state index contributed by atoms with van der Waals surface area (Å²) in [6.45, 7) is 2.53. The van der Waals surface area contributed by atoms with Gasteiger partial charge in [-0.25, -0.2) is 0 Å². The molecule has 2 aromatic rings. The van der Waals surface area contributed by atoms with E-state index < -0.39 is 0 Å². The van der Waals surface area contributed by atoms with E-state index in [1.54, 1.807) is 25.1 Å². The molecule has 0 unspecified atom stereocenters. The van der Waals surface area contributed by atoms with Gasteiger partial charge in [0.25, 0.3) is 5.91 Å². The average molecular weight is 340 g/mol. The molecule has 5 nitrogen and oxygen atoms in total. The number of rotatable bonds is 4. The summed E-state index contributed by atoms with van der Waals surface area (Å²) >= 11 is 0. The number of likely N-dealkylation sites (tertiary alicyclic amines) is 1. The van der Waals surface area contributed by atoms with Crippen LogP contribution in [0.1, 0.15) is 47.3 Å². The van der Waals surface area contributed by atoms with Crippen molar-refractivity contribution < 1.29 is 9.90 Å². The van der Waals surface area contributed by atoms with Crippen molar-refractivity contribution in [2.75, 3.05) is 6.54 Å². The van der Waals surface area contributed by atoms with Gasteiger partial charge in [-0.2, -0.15) is 0 Å². The summed E-state index contributed by atoms with van der Waals surface area (Å²) < 4.78 is 0. The van der Waals surface area contributed by atoms with Crippen molar-refractivity contribution in [3.8, 4) is 5.75 Å². The predicted molar refractivity (Wildman–Crippen MR) is 96.9 cm³/mol. The summed E-state index contributed by atoms with van der Waals surface area (Å²) in [5.41, 5.74) is 2.09. The van der Waals surface area contributed by atoms with Gasteiger partial charge in [-0.1, -0.05) is 12.1 Å². The van der Waals surface area contributed by atoms with Crippen molar-refractivity contribution in [3.63, 3.8) is 0 Å². The molecule has 25 heavy (non-hydrogen) atoms. The number of hydrogen-bond acceptors (Lipinski definition) is 3. The second-order valence-electron chi connectivity index (χ2n) is 6.77. The van der Waals surface area contributed by atoms with Gasteiger partial charge in [0.15, 0.2) is 0 Å². The molecule has 1 aliphatic rings. The normalized spacial score (nSPS) is 17.5. The lowest BCUT2D eigenvalue weighted by Gasteiger charge is -2.36. The zero-order valence-electron chi connectivity index (χ0n) is 14.5. The average Bonchev–Trinajstić information content (AvgIpc) is 2.60. The van der Waals surface area contributed by atoms with E-state index in [1.165, 1.54) is 6.07 Å². The molecule has 0 spiro atoms. The maximum Gasteiger partial charge on any atom is 0.254 e. The standard InChI is InChI=1S/C20H24N2O3/c1-14-12-16(13-19(24)21-14)20(25)22-11-3-2-4-17(22)8-5-15-6-9-18(23)10-7-15/h6-7,9-10,12-13,17,23H,2-5,8,11H2,1H3,(H,21,24)/t17-/m0/s1. The second kappa shape index (κ2) is 7.55. The lowest BCUT2D eigenvalue weighted by molar-refractivity contribution is 0.0601. The van der Waals surface area contributed by atoms with Crippen molar-refractivity contribution in [1.82, 2.24) is 9.88 Å². The number of nitrogens with one attached hydrogen (secondary N) is 1. The fourth-order valence-corrected chi connectivity index (χ4v) is 3.54. The molecule has 3 rings (SSSR count). The minimum absolute atomic E-state index is 0.0513. The van der Waals surface area contributed by atoms with Crippen molar-refractivity contribution in [2.24, 2.45) is 0 Å². The van der Waals surface area contributed by atoms with Crippen LogP contribution in [0, 0.1) is 6.92 Å². The van der Waals surface area contributed by atoms with Gasteiger partial charge in [0.1, 0.15) is 5.75 Å². The van der Waals surface area contributed by atoms with E-state index in [2.05, 4.69) is 4.98 Å². The van der Waals surface area contributed by atoms with E-state index in [0.29, 0.717) is 11.3 Å². The zero-order valence-corrected chi connectivity index (χ0v) is 14.5. The van der Waals surface area contributed by atoms with Gasteiger partial charge in [0, 0.05) is 29.9 Å². The molecule has 0 radical (unpaired) electrons. The maximum atomic E-state index is 12.9. The fourth-order valence-electron chi connectivity index (χ4n) is 3.54. The molecule has 2 heterocycles. The Kier molecular flexibility index (Phi) is 5.22. The molecular formula is C20H24N2O3. The Labute approximate surface area is 147 Å². The van der Waals surface area contributed by atoms with Gasteiger partial charge >= 0.3 is 0 Å². The number of aromatic amines is 1. The minimum Gasteiger partial charge on any atom is -0.508 e. The topological polar surface area (TPSA) is 73.4 Å². The number of phenolic OH excluding ortho intramolecular Hbond substituents is 1. The molecule has 1 aromatic carbocycles. The van der Waals surface area contributed by atoms with Gasteiger partial charge in [-0.3, -0.25) is 9.59 Å². The maximum absolute atomic E-state index is 12.9. The third-order valence-corrected chi connectivity index (χ3v) is 4.82. The Hall–Kier alpha value is -2.56. The number of amides is 1. The summed E-state index contributed by atoms with van der Waals surface area (Å²) in [7, 11) is 0.